The monoisotopic (exact) mass is 265 g/mol. The Bertz CT molecular complexity index is 424. The van der Waals surface area contributed by atoms with Crippen molar-refractivity contribution in [1.29, 1.82) is 0 Å². The minimum absolute atomic E-state index is 0.237. The van der Waals surface area contributed by atoms with E-state index in [1.807, 2.05) is 23.9 Å². The molecular formula is C13H19N3OS. The van der Waals surface area contributed by atoms with Gasteiger partial charge in [0, 0.05) is 36.2 Å². The topological polar surface area (TPSA) is 58.4 Å². The van der Waals surface area contributed by atoms with E-state index in [0.717, 1.165) is 18.7 Å². The number of hydrogen-bond acceptors (Lipinski definition) is 4. The van der Waals surface area contributed by atoms with Crippen LogP contribution in [-0.2, 0) is 6.54 Å². The number of hydrazine groups is 1. The van der Waals surface area contributed by atoms with Gasteiger partial charge in [-0.25, -0.2) is 5.84 Å². The second-order valence-electron chi connectivity index (χ2n) is 4.57. The molecule has 1 aliphatic heterocycles. The zero-order valence-corrected chi connectivity index (χ0v) is 11.4. The molecule has 4 nitrogen and oxygen atoms in total. The number of carbonyl (C=O) groups is 1. The first-order valence-electron chi connectivity index (χ1n) is 6.12. The van der Waals surface area contributed by atoms with Crippen LogP contribution in [0.3, 0.4) is 0 Å². The van der Waals surface area contributed by atoms with E-state index in [9.17, 15) is 4.79 Å². The van der Waals surface area contributed by atoms with Gasteiger partial charge in [0.05, 0.1) is 0 Å². The minimum Gasteiger partial charge on any atom is -0.295 e. The van der Waals surface area contributed by atoms with E-state index in [1.165, 1.54) is 11.5 Å². The molecule has 2 rings (SSSR count). The van der Waals surface area contributed by atoms with Crippen molar-refractivity contribution in [2.45, 2.75) is 19.5 Å². The smallest absolute Gasteiger partial charge is 0.265 e. The predicted octanol–water partition coefficient (Wildman–Crippen LogP) is 1.23. The number of benzene rings is 1. The van der Waals surface area contributed by atoms with Crippen LogP contribution in [0.1, 0.15) is 22.8 Å². The molecule has 0 aliphatic carbocycles. The molecule has 1 unspecified atom stereocenters. The number of nitrogens with one attached hydrogen (secondary N) is 1. The Morgan fingerprint density at radius 2 is 2.44 bits per heavy atom. The van der Waals surface area contributed by atoms with Gasteiger partial charge in [-0.1, -0.05) is 12.1 Å². The maximum absolute atomic E-state index is 11.5. The highest BCUT2D eigenvalue weighted by atomic mass is 32.2. The van der Waals surface area contributed by atoms with Crippen molar-refractivity contribution >= 4 is 17.7 Å². The Morgan fingerprint density at radius 3 is 3.17 bits per heavy atom. The first-order valence-corrected chi connectivity index (χ1v) is 7.28. The lowest BCUT2D eigenvalue weighted by atomic mass is 10.1. The first-order chi connectivity index (χ1) is 8.70. The summed E-state index contributed by atoms with van der Waals surface area (Å²) >= 11 is 2.01. The SMILES string of the molecule is CC1CSCCN1Cc1cccc(C(=O)NN)c1. The van der Waals surface area contributed by atoms with E-state index >= 15 is 0 Å². The van der Waals surface area contributed by atoms with Crippen LogP contribution in [0.25, 0.3) is 0 Å². The summed E-state index contributed by atoms with van der Waals surface area (Å²) in [4.78, 5) is 13.9. The Hall–Kier alpha value is -1.04. The van der Waals surface area contributed by atoms with Gasteiger partial charge in [0.15, 0.2) is 0 Å². The van der Waals surface area contributed by atoms with Crippen molar-refractivity contribution < 1.29 is 4.79 Å². The van der Waals surface area contributed by atoms with Gasteiger partial charge in [0.2, 0.25) is 0 Å². The number of rotatable bonds is 3. The zero-order valence-electron chi connectivity index (χ0n) is 10.6. The number of carbonyl (C=O) groups excluding carboxylic acids is 1. The second-order valence-corrected chi connectivity index (χ2v) is 5.72. The normalized spacial score (nSPS) is 20.7. The summed E-state index contributed by atoms with van der Waals surface area (Å²) in [5.74, 6) is 7.28. The molecule has 1 aliphatic rings. The highest BCUT2D eigenvalue weighted by molar-refractivity contribution is 7.99. The summed E-state index contributed by atoms with van der Waals surface area (Å²) in [6.07, 6.45) is 0. The molecule has 1 amide bonds. The summed E-state index contributed by atoms with van der Waals surface area (Å²) < 4.78 is 0. The highest BCUT2D eigenvalue weighted by Gasteiger charge is 2.18. The predicted molar refractivity (Wildman–Crippen MR) is 75.3 cm³/mol. The largest absolute Gasteiger partial charge is 0.295 e. The molecule has 0 saturated carbocycles. The van der Waals surface area contributed by atoms with Crippen LogP contribution in [0.4, 0.5) is 0 Å². The van der Waals surface area contributed by atoms with E-state index in [1.54, 1.807) is 6.07 Å². The van der Waals surface area contributed by atoms with Gasteiger partial charge in [-0.2, -0.15) is 11.8 Å². The lowest BCUT2D eigenvalue weighted by Gasteiger charge is -2.33. The van der Waals surface area contributed by atoms with Gasteiger partial charge < -0.3 is 0 Å². The Kier molecular flexibility index (Phi) is 4.63. The van der Waals surface area contributed by atoms with Crippen LogP contribution in [0, 0.1) is 0 Å². The quantitative estimate of drug-likeness (QED) is 0.490. The fraction of sp³-hybridized carbons (Fsp3) is 0.462. The molecule has 18 heavy (non-hydrogen) atoms. The van der Waals surface area contributed by atoms with Crippen molar-refractivity contribution in [3.8, 4) is 0 Å². The molecule has 0 spiro atoms. The summed E-state index contributed by atoms with van der Waals surface area (Å²) in [5, 5.41) is 0. The number of nitrogen functional groups attached to an aromatic ring is 1. The molecule has 0 radical (unpaired) electrons. The van der Waals surface area contributed by atoms with Crippen LogP contribution in [0.2, 0.25) is 0 Å². The van der Waals surface area contributed by atoms with Crippen molar-refractivity contribution in [2.24, 2.45) is 5.84 Å². The highest BCUT2D eigenvalue weighted by Crippen LogP contribution is 2.19. The Morgan fingerprint density at radius 1 is 1.61 bits per heavy atom. The maximum atomic E-state index is 11.5. The maximum Gasteiger partial charge on any atom is 0.265 e. The van der Waals surface area contributed by atoms with E-state index in [-0.39, 0.29) is 5.91 Å². The fourth-order valence-electron chi connectivity index (χ4n) is 2.13. The number of nitrogens with two attached hydrogens (primary N) is 1. The van der Waals surface area contributed by atoms with Crippen molar-refractivity contribution in [3.05, 3.63) is 35.4 Å². The standard InChI is InChI=1S/C13H19N3OS/c1-10-9-18-6-5-16(10)8-11-3-2-4-12(7-11)13(17)15-14/h2-4,7,10H,5-6,8-9,14H2,1H3,(H,15,17). The molecule has 0 bridgehead atoms. The van der Waals surface area contributed by atoms with Crippen molar-refractivity contribution in [3.63, 3.8) is 0 Å². The summed E-state index contributed by atoms with van der Waals surface area (Å²) in [6.45, 7) is 4.26. The van der Waals surface area contributed by atoms with Crippen LogP contribution < -0.4 is 11.3 Å². The van der Waals surface area contributed by atoms with Gasteiger partial charge >= 0.3 is 0 Å². The molecule has 0 aromatic heterocycles. The molecule has 1 atom stereocenters. The number of nitrogens with zero attached hydrogens (tertiary/aromatic N) is 1. The molecule has 1 saturated heterocycles. The van der Waals surface area contributed by atoms with E-state index in [4.69, 9.17) is 5.84 Å². The van der Waals surface area contributed by atoms with Crippen LogP contribution in [-0.4, -0.2) is 34.9 Å². The second kappa shape index (κ2) is 6.22. The summed E-state index contributed by atoms with van der Waals surface area (Å²) in [7, 11) is 0. The minimum atomic E-state index is -0.237. The molecular weight excluding hydrogens is 246 g/mol. The lowest BCUT2D eigenvalue weighted by Crippen LogP contribution is -2.39. The molecule has 3 N–H and O–H groups in total. The first kappa shape index (κ1) is 13.4. The summed E-state index contributed by atoms with van der Waals surface area (Å²) in [6, 6.07) is 8.25. The Balaban J connectivity index is 2.06. The number of amides is 1. The summed E-state index contributed by atoms with van der Waals surface area (Å²) in [5.41, 5.74) is 3.95. The van der Waals surface area contributed by atoms with Gasteiger partial charge in [-0.3, -0.25) is 15.1 Å². The van der Waals surface area contributed by atoms with Crippen LogP contribution >= 0.6 is 11.8 Å². The molecule has 98 valence electrons. The van der Waals surface area contributed by atoms with Crippen LogP contribution in [0.5, 0.6) is 0 Å². The van der Waals surface area contributed by atoms with Gasteiger partial charge in [0.25, 0.3) is 5.91 Å². The van der Waals surface area contributed by atoms with Crippen molar-refractivity contribution in [1.82, 2.24) is 10.3 Å². The molecule has 5 heteroatoms. The van der Waals surface area contributed by atoms with E-state index in [2.05, 4.69) is 23.3 Å². The third-order valence-electron chi connectivity index (χ3n) is 3.21. The van der Waals surface area contributed by atoms with Crippen LogP contribution in [0.15, 0.2) is 24.3 Å². The zero-order chi connectivity index (χ0) is 13.0. The fourth-order valence-corrected chi connectivity index (χ4v) is 3.21. The number of thioether (sulfide) groups is 1. The molecule has 1 aromatic rings. The lowest BCUT2D eigenvalue weighted by molar-refractivity contribution is 0.0953. The van der Waals surface area contributed by atoms with Gasteiger partial charge in [-0.05, 0) is 24.6 Å². The molecule has 1 fully saturated rings. The average Bonchev–Trinajstić information content (AvgIpc) is 2.41. The van der Waals surface area contributed by atoms with E-state index < -0.39 is 0 Å². The van der Waals surface area contributed by atoms with Gasteiger partial charge in [0.1, 0.15) is 0 Å². The number of hydrogen-bond donors (Lipinski definition) is 2. The average molecular weight is 265 g/mol. The molecule has 1 aromatic carbocycles. The van der Waals surface area contributed by atoms with Crippen molar-refractivity contribution in [2.75, 3.05) is 18.1 Å². The van der Waals surface area contributed by atoms with Gasteiger partial charge in [-0.15, -0.1) is 0 Å². The third kappa shape index (κ3) is 3.25. The Labute approximate surface area is 112 Å². The van der Waals surface area contributed by atoms with E-state index in [0.29, 0.717) is 11.6 Å². The molecule has 1 heterocycles. The third-order valence-corrected chi connectivity index (χ3v) is 4.40.